The fourth-order valence-electron chi connectivity index (χ4n) is 3.61. The fourth-order valence-corrected chi connectivity index (χ4v) is 3.61. The van der Waals surface area contributed by atoms with Crippen LogP contribution in [0.3, 0.4) is 0 Å². The average molecular weight is 231 g/mol. The van der Waals surface area contributed by atoms with Crippen molar-refractivity contribution in [1.29, 1.82) is 0 Å². The second-order valence-electron chi connectivity index (χ2n) is 5.66. The Labute approximate surface area is 104 Å². The van der Waals surface area contributed by atoms with Crippen LogP contribution < -0.4 is 5.32 Å². The molecule has 0 spiro atoms. The number of rotatable bonds is 2. The van der Waals surface area contributed by atoms with Crippen LogP contribution in [0.25, 0.3) is 0 Å². The zero-order valence-corrected chi connectivity index (χ0v) is 10.5. The summed E-state index contributed by atoms with van der Waals surface area (Å²) in [5, 5.41) is 3.55. The van der Waals surface area contributed by atoms with E-state index in [0.717, 1.165) is 30.9 Å². The van der Waals surface area contributed by atoms with Crippen LogP contribution >= 0.6 is 0 Å². The van der Waals surface area contributed by atoms with E-state index in [-0.39, 0.29) is 0 Å². The number of hydrogen-bond donors (Lipinski definition) is 1. The van der Waals surface area contributed by atoms with Crippen molar-refractivity contribution < 1.29 is 0 Å². The molecule has 92 valence electrons. The first-order chi connectivity index (χ1) is 8.28. The summed E-state index contributed by atoms with van der Waals surface area (Å²) in [5.41, 5.74) is 0. The Morgan fingerprint density at radius 2 is 2.18 bits per heavy atom. The topological polar surface area (TPSA) is 27.6 Å². The molecule has 0 aromatic carbocycles. The maximum atomic E-state index is 5.35. The molecule has 3 aliphatic heterocycles. The van der Waals surface area contributed by atoms with Gasteiger partial charge in [0.25, 0.3) is 0 Å². The number of terminal acetylenes is 1. The molecule has 0 bridgehead atoms. The first kappa shape index (κ1) is 11.0. The van der Waals surface area contributed by atoms with E-state index >= 15 is 0 Å². The number of aliphatic imine (C=N–C) groups is 1. The highest BCUT2D eigenvalue weighted by atomic mass is 15.4. The molecule has 3 heterocycles. The second-order valence-corrected chi connectivity index (χ2v) is 5.66. The minimum absolute atomic E-state index is 0.443. The van der Waals surface area contributed by atoms with Gasteiger partial charge in [0, 0.05) is 24.5 Å². The van der Waals surface area contributed by atoms with Crippen molar-refractivity contribution in [3.05, 3.63) is 0 Å². The summed E-state index contributed by atoms with van der Waals surface area (Å²) < 4.78 is 0. The Morgan fingerprint density at radius 1 is 1.41 bits per heavy atom. The molecular formula is C14H21N3. The molecule has 3 nitrogen and oxygen atoms in total. The number of nitrogens with zero attached hydrogens (tertiary/aromatic N) is 2. The van der Waals surface area contributed by atoms with Crippen molar-refractivity contribution in [3.63, 3.8) is 0 Å². The second kappa shape index (κ2) is 4.25. The Bertz CT molecular complexity index is 368. The third-order valence-electron chi connectivity index (χ3n) is 4.34. The van der Waals surface area contributed by atoms with Crippen LogP contribution in [0, 0.1) is 12.3 Å². The standard InChI is InChI=1S/C14H21N3/c1-3-4-5-11-9-13-7-6-12-8-10(2)15-14(16-11)17(12)13/h1,10-13H,4-9H2,2H3,(H,15,16). The van der Waals surface area contributed by atoms with Crippen LogP contribution in [0.2, 0.25) is 0 Å². The normalized spacial score (nSPS) is 39.1. The third-order valence-corrected chi connectivity index (χ3v) is 4.34. The first-order valence-corrected chi connectivity index (χ1v) is 6.84. The number of nitrogens with one attached hydrogen (secondary N) is 1. The summed E-state index contributed by atoms with van der Waals surface area (Å²) in [6, 6.07) is 2.47. The van der Waals surface area contributed by atoms with Gasteiger partial charge in [-0.3, -0.25) is 0 Å². The maximum absolute atomic E-state index is 5.35. The van der Waals surface area contributed by atoms with Gasteiger partial charge < -0.3 is 10.2 Å². The molecule has 17 heavy (non-hydrogen) atoms. The molecule has 0 aliphatic carbocycles. The van der Waals surface area contributed by atoms with E-state index in [0.29, 0.717) is 12.1 Å². The predicted octanol–water partition coefficient (Wildman–Crippen LogP) is 1.74. The van der Waals surface area contributed by atoms with Gasteiger partial charge >= 0.3 is 0 Å². The monoisotopic (exact) mass is 231 g/mol. The molecule has 3 heteroatoms. The van der Waals surface area contributed by atoms with Gasteiger partial charge in [-0.05, 0) is 39.0 Å². The maximum Gasteiger partial charge on any atom is 0.194 e. The van der Waals surface area contributed by atoms with Crippen LogP contribution in [0.1, 0.15) is 45.4 Å². The van der Waals surface area contributed by atoms with Crippen LogP contribution in [0.4, 0.5) is 0 Å². The van der Waals surface area contributed by atoms with Crippen molar-refractivity contribution in [3.8, 4) is 12.3 Å². The van der Waals surface area contributed by atoms with Crippen LogP contribution in [-0.4, -0.2) is 35.0 Å². The molecule has 3 rings (SSSR count). The lowest BCUT2D eigenvalue weighted by atomic mass is 9.99. The van der Waals surface area contributed by atoms with E-state index in [2.05, 4.69) is 23.1 Å². The van der Waals surface area contributed by atoms with Gasteiger partial charge in [-0.25, -0.2) is 4.99 Å². The van der Waals surface area contributed by atoms with Crippen molar-refractivity contribution in [1.82, 2.24) is 10.2 Å². The molecular weight excluding hydrogens is 210 g/mol. The molecule has 2 saturated heterocycles. The lowest BCUT2D eigenvalue weighted by molar-refractivity contribution is 0.210. The van der Waals surface area contributed by atoms with E-state index < -0.39 is 0 Å². The smallest absolute Gasteiger partial charge is 0.194 e. The van der Waals surface area contributed by atoms with Gasteiger partial charge in [-0.15, -0.1) is 12.3 Å². The number of guanidine groups is 1. The lowest BCUT2D eigenvalue weighted by Gasteiger charge is -2.44. The summed E-state index contributed by atoms with van der Waals surface area (Å²) in [6.07, 6.45) is 12.4. The molecule has 3 aliphatic rings. The van der Waals surface area contributed by atoms with Gasteiger partial charge in [0.2, 0.25) is 0 Å². The van der Waals surface area contributed by atoms with Gasteiger partial charge in [-0.1, -0.05) is 0 Å². The lowest BCUT2D eigenvalue weighted by Crippen LogP contribution is -2.59. The van der Waals surface area contributed by atoms with E-state index in [1.54, 1.807) is 0 Å². The van der Waals surface area contributed by atoms with Crippen molar-refractivity contribution >= 4 is 5.96 Å². The molecule has 0 aromatic rings. The molecule has 0 saturated carbocycles. The zero-order chi connectivity index (χ0) is 11.8. The molecule has 2 fully saturated rings. The van der Waals surface area contributed by atoms with E-state index in [4.69, 9.17) is 11.4 Å². The molecule has 4 atom stereocenters. The highest BCUT2D eigenvalue weighted by Crippen LogP contribution is 2.36. The minimum atomic E-state index is 0.443. The molecule has 0 amide bonds. The Balaban J connectivity index is 1.79. The van der Waals surface area contributed by atoms with Crippen molar-refractivity contribution in [2.45, 2.75) is 69.6 Å². The summed E-state index contributed by atoms with van der Waals surface area (Å²) in [4.78, 5) is 7.42. The molecule has 0 radical (unpaired) electrons. The Hall–Kier alpha value is -1.17. The summed E-state index contributed by atoms with van der Waals surface area (Å²) >= 11 is 0. The highest BCUT2D eigenvalue weighted by Gasteiger charge is 2.43. The first-order valence-electron chi connectivity index (χ1n) is 6.84. The third kappa shape index (κ3) is 1.90. The Morgan fingerprint density at radius 3 is 2.94 bits per heavy atom. The number of hydrogen-bond acceptors (Lipinski definition) is 3. The molecule has 1 N–H and O–H groups in total. The van der Waals surface area contributed by atoms with Crippen LogP contribution in [0.15, 0.2) is 4.99 Å². The predicted molar refractivity (Wildman–Crippen MR) is 69.8 cm³/mol. The van der Waals surface area contributed by atoms with Gasteiger partial charge in [0.15, 0.2) is 5.96 Å². The SMILES string of the molecule is C#CCCC1CC2CCC3CC(C)NC(=N1)N23. The van der Waals surface area contributed by atoms with Crippen LogP contribution in [0.5, 0.6) is 0 Å². The van der Waals surface area contributed by atoms with Gasteiger partial charge in [0.05, 0.1) is 6.04 Å². The minimum Gasteiger partial charge on any atom is -0.354 e. The quantitative estimate of drug-likeness (QED) is 0.733. The van der Waals surface area contributed by atoms with E-state index in [9.17, 15) is 0 Å². The molecule has 0 aromatic heterocycles. The zero-order valence-electron chi connectivity index (χ0n) is 10.5. The van der Waals surface area contributed by atoms with E-state index in [1.807, 2.05) is 0 Å². The van der Waals surface area contributed by atoms with Crippen molar-refractivity contribution in [2.75, 3.05) is 0 Å². The van der Waals surface area contributed by atoms with E-state index in [1.165, 1.54) is 25.7 Å². The molecule has 4 unspecified atom stereocenters. The highest BCUT2D eigenvalue weighted by molar-refractivity contribution is 5.83. The summed E-state index contributed by atoms with van der Waals surface area (Å²) in [7, 11) is 0. The van der Waals surface area contributed by atoms with Crippen molar-refractivity contribution in [2.24, 2.45) is 4.99 Å². The average Bonchev–Trinajstić information content (AvgIpc) is 2.70. The largest absolute Gasteiger partial charge is 0.354 e. The van der Waals surface area contributed by atoms with Gasteiger partial charge in [0.1, 0.15) is 0 Å². The Kier molecular flexibility index (Phi) is 2.74. The summed E-state index contributed by atoms with van der Waals surface area (Å²) in [6.45, 7) is 2.26. The summed E-state index contributed by atoms with van der Waals surface area (Å²) in [5.74, 6) is 3.89. The van der Waals surface area contributed by atoms with Crippen LogP contribution in [-0.2, 0) is 0 Å². The fraction of sp³-hybridized carbons (Fsp3) is 0.786. The van der Waals surface area contributed by atoms with Gasteiger partial charge in [-0.2, -0.15) is 0 Å².